The molecule has 0 amide bonds. The number of nitrogens with zero attached hydrogens (tertiary/aromatic N) is 4. The van der Waals surface area contributed by atoms with E-state index in [4.69, 9.17) is 9.72 Å². The van der Waals surface area contributed by atoms with Gasteiger partial charge in [-0.25, -0.2) is 4.98 Å². The van der Waals surface area contributed by atoms with E-state index in [9.17, 15) is 0 Å². The van der Waals surface area contributed by atoms with E-state index in [1.165, 1.54) is 5.56 Å². The first-order chi connectivity index (χ1) is 12.8. The highest BCUT2D eigenvalue weighted by Crippen LogP contribution is 2.17. The summed E-state index contributed by atoms with van der Waals surface area (Å²) in [6.07, 6.45) is 2.97. The average Bonchev–Trinajstić information content (AvgIpc) is 2.72. The lowest BCUT2D eigenvalue weighted by molar-refractivity contribution is 0.260. The lowest BCUT2D eigenvalue weighted by Crippen LogP contribution is -2.47. The number of anilines is 1. The average molecular weight is 348 g/mol. The summed E-state index contributed by atoms with van der Waals surface area (Å²) >= 11 is 0. The van der Waals surface area contributed by atoms with E-state index in [2.05, 4.69) is 26.9 Å². The van der Waals surface area contributed by atoms with Crippen LogP contribution in [0.2, 0.25) is 0 Å². The van der Waals surface area contributed by atoms with E-state index >= 15 is 0 Å². The second kappa shape index (κ2) is 7.70. The number of benzene rings is 2. The third-order valence-electron chi connectivity index (χ3n) is 5.01. The summed E-state index contributed by atoms with van der Waals surface area (Å²) in [5.41, 5.74) is 3.27. The summed E-state index contributed by atoms with van der Waals surface area (Å²) in [7, 11) is 1.70. The van der Waals surface area contributed by atoms with Gasteiger partial charge >= 0.3 is 0 Å². The Morgan fingerprint density at radius 1 is 0.923 bits per heavy atom. The molecule has 3 aromatic rings. The maximum absolute atomic E-state index is 5.22. The molecule has 5 nitrogen and oxygen atoms in total. The lowest BCUT2D eigenvalue weighted by atomic mass is 10.1. The van der Waals surface area contributed by atoms with Crippen molar-refractivity contribution >= 4 is 16.9 Å². The fourth-order valence-electron chi connectivity index (χ4n) is 3.38. The van der Waals surface area contributed by atoms with Gasteiger partial charge in [-0.15, -0.1) is 0 Å². The molecule has 1 saturated heterocycles. The van der Waals surface area contributed by atoms with Crippen molar-refractivity contribution in [3.05, 3.63) is 60.3 Å². The first-order valence-electron chi connectivity index (χ1n) is 9.14. The fraction of sp³-hybridized carbons (Fsp3) is 0.333. The molecule has 0 unspecified atom stereocenters. The number of hydrogen-bond acceptors (Lipinski definition) is 5. The first kappa shape index (κ1) is 16.8. The van der Waals surface area contributed by atoms with E-state index < -0.39 is 0 Å². The third-order valence-corrected chi connectivity index (χ3v) is 5.01. The Morgan fingerprint density at radius 3 is 2.38 bits per heavy atom. The zero-order valence-electron chi connectivity index (χ0n) is 15.1. The minimum atomic E-state index is 0.916. The number of ether oxygens (including phenoxy) is 1. The maximum atomic E-state index is 5.22. The summed E-state index contributed by atoms with van der Waals surface area (Å²) in [4.78, 5) is 14.2. The monoisotopic (exact) mass is 348 g/mol. The number of para-hydroxylation sites is 2. The molecule has 4 rings (SSSR count). The van der Waals surface area contributed by atoms with E-state index in [1.807, 2.05) is 42.6 Å². The van der Waals surface area contributed by atoms with Gasteiger partial charge in [0, 0.05) is 32.7 Å². The van der Waals surface area contributed by atoms with Crippen molar-refractivity contribution in [2.75, 3.05) is 44.7 Å². The largest absolute Gasteiger partial charge is 0.497 e. The predicted octanol–water partition coefficient (Wildman–Crippen LogP) is 3.00. The van der Waals surface area contributed by atoms with Crippen molar-refractivity contribution in [2.45, 2.75) is 6.42 Å². The topological polar surface area (TPSA) is 41.5 Å². The Bertz CT molecular complexity index is 857. The maximum Gasteiger partial charge on any atom is 0.147 e. The van der Waals surface area contributed by atoms with Crippen molar-refractivity contribution in [1.82, 2.24) is 14.9 Å². The van der Waals surface area contributed by atoms with Crippen molar-refractivity contribution < 1.29 is 4.74 Å². The highest BCUT2D eigenvalue weighted by molar-refractivity contribution is 5.75. The molecular weight excluding hydrogens is 324 g/mol. The Labute approximate surface area is 154 Å². The molecule has 134 valence electrons. The molecule has 0 spiro atoms. The van der Waals surface area contributed by atoms with Gasteiger partial charge in [-0.1, -0.05) is 24.3 Å². The smallest absolute Gasteiger partial charge is 0.147 e. The van der Waals surface area contributed by atoms with E-state index in [1.54, 1.807) is 7.11 Å². The summed E-state index contributed by atoms with van der Waals surface area (Å²) in [6, 6.07) is 16.4. The second-order valence-electron chi connectivity index (χ2n) is 6.64. The quantitative estimate of drug-likeness (QED) is 0.709. The normalized spacial score (nSPS) is 15.3. The zero-order chi connectivity index (χ0) is 17.8. The Balaban J connectivity index is 1.31. The van der Waals surface area contributed by atoms with Crippen LogP contribution in [0.25, 0.3) is 11.0 Å². The van der Waals surface area contributed by atoms with Crippen LogP contribution in [0, 0.1) is 0 Å². The number of aromatic nitrogens is 2. The number of rotatable bonds is 5. The summed E-state index contributed by atoms with van der Waals surface area (Å²) in [5, 5.41) is 0. The van der Waals surface area contributed by atoms with Gasteiger partial charge in [-0.05, 0) is 36.2 Å². The van der Waals surface area contributed by atoms with Crippen molar-refractivity contribution in [3.63, 3.8) is 0 Å². The molecule has 2 aromatic carbocycles. The molecule has 0 saturated carbocycles. The second-order valence-corrected chi connectivity index (χ2v) is 6.64. The fourth-order valence-corrected chi connectivity index (χ4v) is 3.38. The van der Waals surface area contributed by atoms with Crippen LogP contribution in [0.4, 0.5) is 5.82 Å². The zero-order valence-corrected chi connectivity index (χ0v) is 15.1. The number of piperazine rings is 1. The van der Waals surface area contributed by atoms with Crippen LogP contribution in [0.5, 0.6) is 5.75 Å². The van der Waals surface area contributed by atoms with E-state index in [0.717, 1.165) is 61.7 Å². The van der Waals surface area contributed by atoms with Crippen molar-refractivity contribution in [3.8, 4) is 5.75 Å². The molecule has 1 aliphatic heterocycles. The number of methoxy groups -OCH3 is 1. The van der Waals surface area contributed by atoms with Gasteiger partial charge in [-0.2, -0.15) is 0 Å². The highest BCUT2D eigenvalue weighted by atomic mass is 16.5. The molecule has 2 heterocycles. The molecule has 0 atom stereocenters. The van der Waals surface area contributed by atoms with Gasteiger partial charge < -0.3 is 9.64 Å². The molecular formula is C21H24N4O. The molecule has 1 aromatic heterocycles. The predicted molar refractivity (Wildman–Crippen MR) is 105 cm³/mol. The number of fused-ring (bicyclic) bond motifs is 1. The van der Waals surface area contributed by atoms with Gasteiger partial charge in [0.15, 0.2) is 0 Å². The summed E-state index contributed by atoms with van der Waals surface area (Å²) < 4.78 is 5.22. The molecule has 26 heavy (non-hydrogen) atoms. The third kappa shape index (κ3) is 3.78. The molecule has 0 bridgehead atoms. The van der Waals surface area contributed by atoms with Crippen LogP contribution in [-0.2, 0) is 6.42 Å². The van der Waals surface area contributed by atoms with Gasteiger partial charge in [0.05, 0.1) is 24.3 Å². The van der Waals surface area contributed by atoms with Crippen LogP contribution in [0.3, 0.4) is 0 Å². The first-order valence-corrected chi connectivity index (χ1v) is 9.14. The SMILES string of the molecule is COc1ccc(CCN2CCN(c3cnc4ccccc4n3)CC2)cc1. The molecule has 0 N–H and O–H groups in total. The Hall–Kier alpha value is -2.66. The number of hydrogen-bond donors (Lipinski definition) is 0. The minimum Gasteiger partial charge on any atom is -0.497 e. The Kier molecular flexibility index (Phi) is 4.97. The molecule has 0 radical (unpaired) electrons. The molecule has 1 fully saturated rings. The van der Waals surface area contributed by atoms with Gasteiger partial charge in [0.1, 0.15) is 11.6 Å². The van der Waals surface area contributed by atoms with Gasteiger partial charge in [0.2, 0.25) is 0 Å². The Morgan fingerprint density at radius 2 is 1.65 bits per heavy atom. The lowest BCUT2D eigenvalue weighted by Gasteiger charge is -2.35. The highest BCUT2D eigenvalue weighted by Gasteiger charge is 2.18. The molecule has 5 heteroatoms. The van der Waals surface area contributed by atoms with Crippen LogP contribution < -0.4 is 9.64 Å². The van der Waals surface area contributed by atoms with E-state index in [-0.39, 0.29) is 0 Å². The van der Waals surface area contributed by atoms with Crippen molar-refractivity contribution in [1.29, 1.82) is 0 Å². The standard InChI is InChI=1S/C21H24N4O/c1-26-18-8-6-17(7-9-18)10-11-24-12-14-25(15-13-24)21-16-22-19-4-2-3-5-20(19)23-21/h2-9,16H,10-15H2,1H3. The minimum absolute atomic E-state index is 0.916. The van der Waals surface area contributed by atoms with E-state index in [0.29, 0.717) is 0 Å². The van der Waals surface area contributed by atoms with Gasteiger partial charge in [0.25, 0.3) is 0 Å². The van der Waals surface area contributed by atoms with Gasteiger partial charge in [-0.3, -0.25) is 9.88 Å². The summed E-state index contributed by atoms with van der Waals surface area (Å²) in [6.45, 7) is 5.20. The van der Waals surface area contributed by atoms with Crippen LogP contribution in [0.1, 0.15) is 5.56 Å². The van der Waals surface area contributed by atoms with Crippen LogP contribution in [0.15, 0.2) is 54.7 Å². The van der Waals surface area contributed by atoms with Crippen LogP contribution >= 0.6 is 0 Å². The molecule has 1 aliphatic rings. The van der Waals surface area contributed by atoms with Crippen molar-refractivity contribution in [2.24, 2.45) is 0 Å². The van der Waals surface area contributed by atoms with Crippen LogP contribution in [-0.4, -0.2) is 54.7 Å². The molecule has 0 aliphatic carbocycles. The summed E-state index contributed by atoms with van der Waals surface area (Å²) in [5.74, 6) is 1.90.